The monoisotopic (exact) mass is 338 g/mol. The van der Waals surface area contributed by atoms with Gasteiger partial charge in [-0.15, -0.1) is 0 Å². The lowest BCUT2D eigenvalue weighted by Gasteiger charge is -2.27. The highest BCUT2D eigenvalue weighted by Gasteiger charge is 2.35. The van der Waals surface area contributed by atoms with Gasteiger partial charge in [0.25, 0.3) is 0 Å². The normalized spacial score (nSPS) is 19.7. The largest absolute Gasteiger partial charge is 0.489 e. The number of halogens is 1. The second kappa shape index (κ2) is 7.34. The Balaban J connectivity index is 1.86. The number of hydrogen-bond donors (Lipinski definition) is 1. The Kier molecular flexibility index (Phi) is 4.98. The number of allylic oxidation sites excluding steroid dienone is 3. The first kappa shape index (κ1) is 17.0. The van der Waals surface area contributed by atoms with Gasteiger partial charge in [0.1, 0.15) is 18.0 Å². The highest BCUT2D eigenvalue weighted by molar-refractivity contribution is 5.74. The molecule has 4 heteroatoms. The van der Waals surface area contributed by atoms with Gasteiger partial charge in [-0.25, -0.2) is 4.39 Å². The minimum Gasteiger partial charge on any atom is -0.489 e. The molecule has 2 aromatic rings. The Bertz CT molecular complexity index is 796. The van der Waals surface area contributed by atoms with Gasteiger partial charge >= 0.3 is 5.97 Å². The molecule has 0 bridgehead atoms. The number of carbonyl (C=O) groups is 1. The van der Waals surface area contributed by atoms with E-state index < -0.39 is 18.1 Å². The molecule has 3 rings (SSSR count). The Hall–Kier alpha value is -2.88. The van der Waals surface area contributed by atoms with Crippen LogP contribution in [0.4, 0.5) is 4.39 Å². The summed E-state index contributed by atoms with van der Waals surface area (Å²) in [7, 11) is 0. The molecule has 2 aromatic carbocycles. The Morgan fingerprint density at radius 1 is 1.08 bits per heavy atom. The maximum Gasteiger partial charge on any atom is 0.306 e. The number of alkyl halides is 1. The average molecular weight is 338 g/mol. The van der Waals surface area contributed by atoms with E-state index in [2.05, 4.69) is 0 Å². The number of carboxylic acids is 1. The van der Waals surface area contributed by atoms with Crippen LogP contribution in [-0.2, 0) is 16.1 Å². The van der Waals surface area contributed by atoms with Crippen LogP contribution >= 0.6 is 0 Å². The Morgan fingerprint density at radius 2 is 1.72 bits per heavy atom. The molecule has 0 aliphatic heterocycles. The van der Waals surface area contributed by atoms with Crippen LogP contribution in [0.2, 0.25) is 0 Å². The van der Waals surface area contributed by atoms with E-state index in [9.17, 15) is 4.79 Å². The van der Waals surface area contributed by atoms with Crippen molar-refractivity contribution in [1.82, 2.24) is 0 Å². The number of hydrogen-bond acceptors (Lipinski definition) is 2. The number of benzene rings is 2. The molecule has 0 amide bonds. The van der Waals surface area contributed by atoms with E-state index in [1.165, 1.54) is 6.08 Å². The third-order valence-electron chi connectivity index (χ3n) is 4.04. The van der Waals surface area contributed by atoms with Crippen LogP contribution in [0.1, 0.15) is 24.0 Å². The topological polar surface area (TPSA) is 46.5 Å². The van der Waals surface area contributed by atoms with E-state index in [-0.39, 0.29) is 6.42 Å². The Labute approximate surface area is 146 Å². The molecule has 0 radical (unpaired) electrons. The van der Waals surface area contributed by atoms with Gasteiger partial charge in [0, 0.05) is 6.42 Å². The summed E-state index contributed by atoms with van der Waals surface area (Å²) in [5.41, 5.74) is 0.600. The fraction of sp³-hybridized carbons (Fsp3) is 0.190. The molecule has 0 spiro atoms. The zero-order valence-corrected chi connectivity index (χ0v) is 13.7. The second-order valence-corrected chi connectivity index (χ2v) is 6.14. The number of aliphatic carboxylic acids is 1. The van der Waals surface area contributed by atoms with Gasteiger partial charge in [-0.1, -0.05) is 60.7 Å². The van der Waals surface area contributed by atoms with E-state index in [1.807, 2.05) is 60.7 Å². The maximum atomic E-state index is 15.2. The maximum absolute atomic E-state index is 15.2. The van der Waals surface area contributed by atoms with E-state index in [4.69, 9.17) is 9.84 Å². The molecule has 1 atom stereocenters. The molecule has 0 saturated heterocycles. The lowest BCUT2D eigenvalue weighted by Crippen LogP contribution is -2.27. The third-order valence-corrected chi connectivity index (χ3v) is 4.04. The van der Waals surface area contributed by atoms with Crippen LogP contribution in [0.15, 0.2) is 78.6 Å². The van der Waals surface area contributed by atoms with Crippen molar-refractivity contribution >= 4 is 11.5 Å². The van der Waals surface area contributed by atoms with Crippen molar-refractivity contribution in [3.8, 4) is 0 Å². The zero-order valence-electron chi connectivity index (χ0n) is 13.7. The van der Waals surface area contributed by atoms with E-state index in [0.717, 1.165) is 16.7 Å². The lowest BCUT2D eigenvalue weighted by atomic mass is 9.85. The fourth-order valence-electron chi connectivity index (χ4n) is 2.91. The van der Waals surface area contributed by atoms with Crippen LogP contribution in [-0.4, -0.2) is 16.7 Å². The van der Waals surface area contributed by atoms with Crippen LogP contribution < -0.4 is 0 Å². The van der Waals surface area contributed by atoms with Crippen LogP contribution in [0.5, 0.6) is 0 Å². The van der Waals surface area contributed by atoms with Crippen LogP contribution in [0.25, 0.3) is 5.57 Å². The van der Waals surface area contributed by atoms with Crippen molar-refractivity contribution in [3.63, 3.8) is 0 Å². The summed E-state index contributed by atoms with van der Waals surface area (Å²) in [6.07, 6.45) is 2.51. The third kappa shape index (κ3) is 4.57. The van der Waals surface area contributed by atoms with Crippen molar-refractivity contribution in [3.05, 3.63) is 89.7 Å². The minimum absolute atomic E-state index is 0.0154. The first-order valence-corrected chi connectivity index (χ1v) is 8.10. The fourth-order valence-corrected chi connectivity index (χ4v) is 2.91. The number of rotatable bonds is 6. The highest BCUT2D eigenvalue weighted by atomic mass is 19.1. The van der Waals surface area contributed by atoms with Crippen molar-refractivity contribution in [2.24, 2.45) is 0 Å². The van der Waals surface area contributed by atoms with Gasteiger partial charge in [-0.05, 0) is 28.9 Å². The predicted molar refractivity (Wildman–Crippen MR) is 94.4 cm³/mol. The lowest BCUT2D eigenvalue weighted by molar-refractivity contribution is -0.139. The van der Waals surface area contributed by atoms with Crippen molar-refractivity contribution < 1.29 is 19.0 Å². The molecular formula is C21H19FO3. The number of ether oxygens (including phenoxy) is 1. The summed E-state index contributed by atoms with van der Waals surface area (Å²) < 4.78 is 20.9. The summed E-state index contributed by atoms with van der Waals surface area (Å²) in [5.74, 6) is -0.812. The summed E-state index contributed by atoms with van der Waals surface area (Å²) in [5, 5.41) is 9.05. The van der Waals surface area contributed by atoms with Crippen LogP contribution in [0.3, 0.4) is 0 Å². The molecule has 25 heavy (non-hydrogen) atoms. The first-order valence-electron chi connectivity index (χ1n) is 8.10. The molecule has 1 unspecified atom stereocenters. The standard InChI is InChI=1S/C21H19FO3/c22-21(14-20(23)24)12-18(17-9-5-2-6-10-17)11-19(13-21)25-15-16-7-3-1-4-8-16/h1-11,13H,12,14-15H2,(H,23,24). The molecule has 0 aromatic heterocycles. The summed E-state index contributed by atoms with van der Waals surface area (Å²) >= 11 is 0. The molecule has 0 fully saturated rings. The second-order valence-electron chi connectivity index (χ2n) is 6.14. The summed E-state index contributed by atoms with van der Waals surface area (Å²) in [4.78, 5) is 11.1. The number of carboxylic acid groups (broad SMARTS) is 1. The van der Waals surface area contributed by atoms with Gasteiger partial charge < -0.3 is 9.84 Å². The predicted octanol–water partition coefficient (Wildman–Crippen LogP) is 4.76. The zero-order chi connectivity index (χ0) is 17.7. The van der Waals surface area contributed by atoms with Gasteiger partial charge in [-0.3, -0.25) is 4.79 Å². The van der Waals surface area contributed by atoms with E-state index in [1.54, 1.807) is 6.08 Å². The first-order chi connectivity index (χ1) is 12.0. The van der Waals surface area contributed by atoms with E-state index >= 15 is 4.39 Å². The summed E-state index contributed by atoms with van der Waals surface area (Å²) in [6, 6.07) is 19.0. The highest BCUT2D eigenvalue weighted by Crippen LogP contribution is 2.38. The van der Waals surface area contributed by atoms with Crippen molar-refractivity contribution in [1.29, 1.82) is 0 Å². The minimum atomic E-state index is -1.96. The molecule has 1 aliphatic rings. The molecule has 128 valence electrons. The summed E-state index contributed by atoms with van der Waals surface area (Å²) in [6.45, 7) is 0.300. The smallest absolute Gasteiger partial charge is 0.306 e. The van der Waals surface area contributed by atoms with Crippen LogP contribution in [0, 0.1) is 0 Å². The quantitative estimate of drug-likeness (QED) is 0.826. The van der Waals surface area contributed by atoms with Gasteiger partial charge in [0.2, 0.25) is 0 Å². The SMILES string of the molecule is O=C(O)CC1(F)C=C(OCc2ccccc2)C=C(c2ccccc2)C1. The van der Waals surface area contributed by atoms with Crippen molar-refractivity contribution in [2.75, 3.05) is 0 Å². The van der Waals surface area contributed by atoms with Gasteiger partial charge in [-0.2, -0.15) is 0 Å². The molecule has 1 N–H and O–H groups in total. The average Bonchev–Trinajstić information content (AvgIpc) is 2.60. The molecule has 1 aliphatic carbocycles. The van der Waals surface area contributed by atoms with Gasteiger partial charge in [0.05, 0.1) is 6.42 Å². The molecule has 0 heterocycles. The molecule has 3 nitrogen and oxygen atoms in total. The van der Waals surface area contributed by atoms with Gasteiger partial charge in [0.15, 0.2) is 0 Å². The van der Waals surface area contributed by atoms with E-state index in [0.29, 0.717) is 12.4 Å². The molecular weight excluding hydrogens is 319 g/mol. The molecule has 0 saturated carbocycles. The van der Waals surface area contributed by atoms with Crippen molar-refractivity contribution in [2.45, 2.75) is 25.1 Å². The Morgan fingerprint density at radius 3 is 2.36 bits per heavy atom.